The number of carbonyl (C=O) groups is 1. The molecule has 0 saturated carbocycles. The minimum absolute atomic E-state index is 0.308. The lowest BCUT2D eigenvalue weighted by Crippen LogP contribution is -2.12. The predicted molar refractivity (Wildman–Crippen MR) is 112 cm³/mol. The number of aromatic nitrogens is 3. The highest BCUT2D eigenvalue weighted by Crippen LogP contribution is 2.33. The highest BCUT2D eigenvalue weighted by Gasteiger charge is 2.25. The molecule has 0 amide bonds. The van der Waals surface area contributed by atoms with Crippen LogP contribution >= 0.6 is 25.3 Å². The van der Waals surface area contributed by atoms with Gasteiger partial charge >= 0.3 is 5.97 Å². The summed E-state index contributed by atoms with van der Waals surface area (Å²) in [5, 5.41) is 13.6. The fourth-order valence-electron chi connectivity index (χ4n) is 2.71. The average Bonchev–Trinajstić information content (AvgIpc) is 3.13. The Morgan fingerprint density at radius 2 is 1.81 bits per heavy atom. The Hall–Kier alpha value is -2.25. The van der Waals surface area contributed by atoms with Crippen LogP contribution in [0.1, 0.15) is 46.2 Å². The van der Waals surface area contributed by atoms with E-state index in [4.69, 9.17) is 5.11 Å². The van der Waals surface area contributed by atoms with Gasteiger partial charge in [0.2, 0.25) is 0 Å². The lowest BCUT2D eigenvalue weighted by molar-refractivity contribution is 0.0696. The number of nitrogens with zero attached hydrogens (tertiary/aromatic N) is 3. The largest absolute Gasteiger partial charge is 0.478 e. The maximum Gasteiger partial charge on any atom is 0.335 e. The second-order valence-corrected chi connectivity index (χ2v) is 8.31. The quantitative estimate of drug-likeness (QED) is 0.414. The summed E-state index contributed by atoms with van der Waals surface area (Å²) in [5.74, 6) is -0.305. The summed E-state index contributed by atoms with van der Waals surface area (Å²) < 4.78 is 1.15. The van der Waals surface area contributed by atoms with Gasteiger partial charge < -0.3 is 5.11 Å². The Morgan fingerprint density at radius 1 is 1.11 bits per heavy atom. The van der Waals surface area contributed by atoms with Crippen molar-refractivity contribution in [1.29, 1.82) is 0 Å². The summed E-state index contributed by atoms with van der Waals surface area (Å²) in [6.45, 7) is 2.61. The smallest absolute Gasteiger partial charge is 0.335 e. The molecular weight excluding hydrogens is 378 g/mol. The first-order chi connectivity index (χ1) is 12.9. The van der Waals surface area contributed by atoms with Crippen LogP contribution in [0, 0.1) is 0 Å². The van der Waals surface area contributed by atoms with E-state index in [1.807, 2.05) is 37.3 Å². The molecule has 0 fully saturated rings. The Labute approximate surface area is 169 Å². The average molecular weight is 400 g/mol. The molecule has 0 atom stereocenters. The third kappa shape index (κ3) is 4.93. The highest BCUT2D eigenvalue weighted by atomic mass is 32.2. The molecule has 1 heterocycles. The molecule has 2 aromatic carbocycles. The van der Waals surface area contributed by atoms with Crippen LogP contribution in [0.4, 0.5) is 0 Å². The van der Waals surface area contributed by atoms with Gasteiger partial charge in [-0.2, -0.15) is 30.4 Å². The number of benzene rings is 2. The summed E-state index contributed by atoms with van der Waals surface area (Å²) in [5.41, 5.74) is 3.51. The van der Waals surface area contributed by atoms with Crippen LogP contribution in [0.3, 0.4) is 0 Å². The molecule has 1 aromatic heterocycles. The van der Waals surface area contributed by atoms with E-state index >= 15 is 0 Å². The standard InChI is InChI=1S/C20H21N3O2S2/c1-2-20(26,27)19-21-13-23(22-19)12-15-8-6-14(7-9-15)10-16-4-3-5-17(11-16)18(24)25/h3-9,11,13,26-27H,2,10,12H2,1H3,(H,24,25). The number of carboxylic acids is 1. The predicted octanol–water partition coefficient (Wildman–Crippen LogP) is 4.04. The van der Waals surface area contributed by atoms with Crippen LogP contribution in [0.25, 0.3) is 0 Å². The lowest BCUT2D eigenvalue weighted by atomic mass is 10.0. The molecule has 27 heavy (non-hydrogen) atoms. The van der Waals surface area contributed by atoms with Crippen molar-refractivity contribution in [2.45, 2.75) is 30.4 Å². The van der Waals surface area contributed by atoms with Gasteiger partial charge in [0, 0.05) is 0 Å². The minimum atomic E-state index is -0.908. The van der Waals surface area contributed by atoms with Crippen LogP contribution in [-0.2, 0) is 17.0 Å². The zero-order chi connectivity index (χ0) is 19.4. The molecule has 3 rings (SSSR count). The van der Waals surface area contributed by atoms with Gasteiger partial charge in [-0.05, 0) is 41.7 Å². The van der Waals surface area contributed by atoms with Crippen LogP contribution in [-0.4, -0.2) is 25.8 Å². The van der Waals surface area contributed by atoms with Gasteiger partial charge in [0.1, 0.15) is 10.4 Å². The monoisotopic (exact) mass is 399 g/mol. The van der Waals surface area contributed by atoms with Crippen molar-refractivity contribution >= 4 is 31.2 Å². The molecular formula is C20H21N3O2S2. The van der Waals surface area contributed by atoms with Crippen molar-refractivity contribution in [2.24, 2.45) is 0 Å². The van der Waals surface area contributed by atoms with Crippen LogP contribution in [0.2, 0.25) is 0 Å². The number of hydrogen-bond acceptors (Lipinski definition) is 5. The van der Waals surface area contributed by atoms with E-state index in [-0.39, 0.29) is 0 Å². The molecule has 3 aromatic rings. The number of rotatable bonds is 7. The molecule has 5 nitrogen and oxygen atoms in total. The summed E-state index contributed by atoms with van der Waals surface area (Å²) in [7, 11) is 0. The van der Waals surface area contributed by atoms with Crippen molar-refractivity contribution in [3.8, 4) is 0 Å². The first-order valence-electron chi connectivity index (χ1n) is 8.62. The molecule has 0 aliphatic carbocycles. The molecule has 7 heteroatoms. The first kappa shape index (κ1) is 19.5. The molecule has 0 aliphatic rings. The van der Waals surface area contributed by atoms with Gasteiger partial charge in [-0.1, -0.05) is 43.3 Å². The minimum Gasteiger partial charge on any atom is -0.478 e. The summed E-state index contributed by atoms with van der Waals surface area (Å²) >= 11 is 8.97. The molecule has 0 bridgehead atoms. The third-order valence-corrected chi connectivity index (χ3v) is 5.37. The van der Waals surface area contributed by atoms with Crippen LogP contribution in [0.5, 0.6) is 0 Å². The SMILES string of the molecule is CCC(S)(S)c1ncn(Cc2ccc(Cc3cccc(C(=O)O)c3)cc2)n1. The molecule has 0 spiro atoms. The highest BCUT2D eigenvalue weighted by molar-refractivity contribution is 7.99. The zero-order valence-electron chi connectivity index (χ0n) is 14.9. The normalized spacial score (nSPS) is 11.5. The van der Waals surface area contributed by atoms with Gasteiger partial charge in [-0.3, -0.25) is 0 Å². The molecule has 0 radical (unpaired) electrons. The molecule has 0 aliphatic heterocycles. The Morgan fingerprint density at radius 3 is 2.48 bits per heavy atom. The van der Waals surface area contributed by atoms with Gasteiger partial charge in [-0.25, -0.2) is 14.5 Å². The van der Waals surface area contributed by atoms with Crippen molar-refractivity contribution < 1.29 is 9.90 Å². The second-order valence-electron chi connectivity index (χ2n) is 6.43. The first-order valence-corrected chi connectivity index (χ1v) is 9.51. The fourth-order valence-corrected chi connectivity index (χ4v) is 2.92. The molecule has 0 saturated heterocycles. The maximum atomic E-state index is 11.1. The number of hydrogen-bond donors (Lipinski definition) is 3. The van der Waals surface area contributed by atoms with Crippen molar-refractivity contribution in [3.63, 3.8) is 0 Å². The van der Waals surface area contributed by atoms with E-state index in [1.54, 1.807) is 29.2 Å². The fraction of sp³-hybridized carbons (Fsp3) is 0.250. The number of thiol groups is 2. The second kappa shape index (κ2) is 8.19. The Bertz CT molecular complexity index is 936. The van der Waals surface area contributed by atoms with E-state index in [0.717, 1.165) is 23.1 Å². The van der Waals surface area contributed by atoms with Crippen molar-refractivity contribution in [2.75, 3.05) is 0 Å². The Kier molecular flexibility index (Phi) is 5.92. The van der Waals surface area contributed by atoms with Gasteiger partial charge in [0.25, 0.3) is 0 Å². The van der Waals surface area contributed by atoms with Gasteiger partial charge in [0.15, 0.2) is 5.82 Å². The summed E-state index contributed by atoms with van der Waals surface area (Å²) in [6.07, 6.45) is 3.10. The molecule has 0 unspecified atom stereocenters. The number of aromatic carboxylic acids is 1. The zero-order valence-corrected chi connectivity index (χ0v) is 16.7. The topological polar surface area (TPSA) is 68.0 Å². The number of carboxylic acid groups (broad SMARTS) is 1. The summed E-state index contributed by atoms with van der Waals surface area (Å²) in [6, 6.07) is 15.2. The van der Waals surface area contributed by atoms with E-state index in [9.17, 15) is 4.79 Å². The van der Waals surface area contributed by atoms with E-state index in [0.29, 0.717) is 24.4 Å². The third-order valence-electron chi connectivity index (χ3n) is 4.34. The Balaban J connectivity index is 1.67. The van der Waals surface area contributed by atoms with Gasteiger partial charge in [0.05, 0.1) is 12.1 Å². The van der Waals surface area contributed by atoms with Crippen LogP contribution in [0.15, 0.2) is 54.9 Å². The van der Waals surface area contributed by atoms with Crippen molar-refractivity contribution in [3.05, 3.63) is 82.9 Å². The van der Waals surface area contributed by atoms with E-state index in [1.165, 1.54) is 0 Å². The lowest BCUT2D eigenvalue weighted by Gasteiger charge is -2.15. The molecule has 1 N–H and O–H groups in total. The van der Waals surface area contributed by atoms with Crippen LogP contribution < -0.4 is 0 Å². The maximum absolute atomic E-state index is 11.1. The molecule has 140 valence electrons. The van der Waals surface area contributed by atoms with Gasteiger partial charge in [-0.15, -0.1) is 0 Å². The summed E-state index contributed by atoms with van der Waals surface area (Å²) in [4.78, 5) is 15.4. The van der Waals surface area contributed by atoms with E-state index < -0.39 is 10.0 Å². The van der Waals surface area contributed by atoms with E-state index in [2.05, 4.69) is 35.3 Å². The van der Waals surface area contributed by atoms with Crippen molar-refractivity contribution in [1.82, 2.24) is 14.8 Å².